The van der Waals surface area contributed by atoms with E-state index in [1.165, 1.54) is 16.2 Å². The Morgan fingerprint density at radius 2 is 1.97 bits per heavy atom. The van der Waals surface area contributed by atoms with Crippen molar-refractivity contribution < 1.29 is 19.2 Å². The number of imide groups is 1. The number of ketones is 1. The summed E-state index contributed by atoms with van der Waals surface area (Å²) >= 11 is 1.33. The van der Waals surface area contributed by atoms with Crippen molar-refractivity contribution in [3.63, 3.8) is 0 Å². The maximum atomic E-state index is 12.9. The number of aromatic nitrogens is 1. The number of carbonyl (C=O) groups is 4. The Morgan fingerprint density at radius 3 is 2.76 bits per heavy atom. The summed E-state index contributed by atoms with van der Waals surface area (Å²) in [6.45, 7) is 0.238. The molecule has 3 aromatic rings. The van der Waals surface area contributed by atoms with Crippen molar-refractivity contribution in [1.29, 1.82) is 0 Å². The minimum atomic E-state index is -0.670. The largest absolute Gasteiger partial charge is 0.322 e. The second-order valence-electron chi connectivity index (χ2n) is 7.09. The topological polar surface area (TPSA) is 96.4 Å². The van der Waals surface area contributed by atoms with Gasteiger partial charge >= 0.3 is 0 Å². The lowest BCUT2D eigenvalue weighted by atomic mass is 10.0. The molecular formula is C21H15N3O4S. The molecule has 3 heterocycles. The van der Waals surface area contributed by atoms with Gasteiger partial charge in [0.2, 0.25) is 17.6 Å². The number of para-hydroxylation sites is 1. The summed E-state index contributed by atoms with van der Waals surface area (Å²) < 4.78 is 0.941. The van der Waals surface area contributed by atoms with Crippen molar-refractivity contribution in [3.05, 3.63) is 64.2 Å². The van der Waals surface area contributed by atoms with Crippen LogP contribution < -0.4 is 5.32 Å². The smallest absolute Gasteiger partial charge is 0.255 e. The normalized spacial score (nSPS) is 18.8. The van der Waals surface area contributed by atoms with Crippen molar-refractivity contribution in [2.45, 2.75) is 25.4 Å². The van der Waals surface area contributed by atoms with E-state index in [0.717, 1.165) is 10.2 Å². The molecule has 0 spiro atoms. The third-order valence-corrected chi connectivity index (χ3v) is 6.31. The first kappa shape index (κ1) is 17.7. The lowest BCUT2D eigenvalue weighted by Gasteiger charge is -2.29. The van der Waals surface area contributed by atoms with Crippen LogP contribution in [0, 0.1) is 0 Å². The molecule has 5 rings (SSSR count). The second-order valence-corrected chi connectivity index (χ2v) is 8.12. The minimum Gasteiger partial charge on any atom is -0.322 e. The molecule has 0 saturated carbocycles. The van der Waals surface area contributed by atoms with Crippen LogP contribution in [0.25, 0.3) is 10.2 Å². The summed E-state index contributed by atoms with van der Waals surface area (Å²) in [6, 6.07) is 11.8. The monoisotopic (exact) mass is 405 g/mol. The highest BCUT2D eigenvalue weighted by Gasteiger charge is 2.39. The number of hydrogen-bond donors (Lipinski definition) is 1. The number of nitrogens with zero attached hydrogens (tertiary/aromatic N) is 2. The molecule has 0 aliphatic carbocycles. The molecule has 0 bridgehead atoms. The molecule has 1 aromatic heterocycles. The maximum Gasteiger partial charge on any atom is 0.255 e. The summed E-state index contributed by atoms with van der Waals surface area (Å²) in [5.74, 6) is -1.22. The number of rotatable bonds is 3. The summed E-state index contributed by atoms with van der Waals surface area (Å²) in [5, 5.41) is 2.69. The molecule has 1 fully saturated rings. The molecule has 3 amide bonds. The standard InChI is InChI=1S/C21H15N3O4S/c25-17-8-7-15(19(27)23-17)24-10-12-9-11(5-6-13(12)21(24)28)18(26)20-22-14-3-1-2-4-16(14)29-20/h1-6,9,15H,7-8,10H2,(H,23,25,27). The number of carbonyl (C=O) groups excluding carboxylic acids is 4. The van der Waals surface area contributed by atoms with Gasteiger partial charge in [0.1, 0.15) is 6.04 Å². The molecule has 2 aliphatic rings. The van der Waals surface area contributed by atoms with Gasteiger partial charge in [-0.25, -0.2) is 4.98 Å². The van der Waals surface area contributed by atoms with E-state index in [9.17, 15) is 19.2 Å². The zero-order valence-corrected chi connectivity index (χ0v) is 16.0. The molecule has 1 unspecified atom stereocenters. The van der Waals surface area contributed by atoms with Crippen molar-refractivity contribution >= 4 is 45.1 Å². The Bertz CT molecular complexity index is 1180. The number of hydrogen-bond acceptors (Lipinski definition) is 6. The molecule has 2 aliphatic heterocycles. The fraction of sp³-hybridized carbons (Fsp3) is 0.190. The predicted octanol–water partition coefficient (Wildman–Crippen LogP) is 2.29. The molecule has 0 radical (unpaired) electrons. The predicted molar refractivity (Wildman–Crippen MR) is 106 cm³/mol. The zero-order valence-electron chi connectivity index (χ0n) is 15.2. The number of piperidine rings is 1. The first-order chi connectivity index (χ1) is 14.0. The number of fused-ring (bicyclic) bond motifs is 2. The molecule has 1 N–H and O–H groups in total. The van der Waals surface area contributed by atoms with E-state index >= 15 is 0 Å². The van der Waals surface area contributed by atoms with Gasteiger partial charge in [-0.05, 0) is 36.2 Å². The van der Waals surface area contributed by atoms with Gasteiger partial charge in [-0.3, -0.25) is 24.5 Å². The van der Waals surface area contributed by atoms with E-state index < -0.39 is 11.9 Å². The SMILES string of the molecule is O=C1CCC(N2Cc3cc(C(=O)c4nc5ccccc5s4)ccc3C2=O)C(=O)N1. The van der Waals surface area contributed by atoms with Gasteiger partial charge in [-0.1, -0.05) is 18.2 Å². The van der Waals surface area contributed by atoms with E-state index in [1.807, 2.05) is 24.3 Å². The Morgan fingerprint density at radius 1 is 1.14 bits per heavy atom. The van der Waals surface area contributed by atoms with Crippen LogP contribution in [-0.4, -0.2) is 39.4 Å². The Balaban J connectivity index is 1.43. The van der Waals surface area contributed by atoms with E-state index in [-0.39, 0.29) is 30.6 Å². The Labute approximate surface area is 169 Å². The van der Waals surface area contributed by atoms with Crippen LogP contribution in [0.1, 0.15) is 44.1 Å². The highest BCUT2D eigenvalue weighted by molar-refractivity contribution is 7.20. The van der Waals surface area contributed by atoms with Gasteiger partial charge in [0.05, 0.1) is 10.2 Å². The van der Waals surface area contributed by atoms with Crippen LogP contribution in [0.4, 0.5) is 0 Å². The van der Waals surface area contributed by atoms with Crippen molar-refractivity contribution in [1.82, 2.24) is 15.2 Å². The lowest BCUT2D eigenvalue weighted by Crippen LogP contribution is -2.52. The quantitative estimate of drug-likeness (QED) is 0.533. The van der Waals surface area contributed by atoms with E-state index in [2.05, 4.69) is 10.3 Å². The van der Waals surface area contributed by atoms with Crippen LogP contribution >= 0.6 is 11.3 Å². The van der Waals surface area contributed by atoms with E-state index in [4.69, 9.17) is 0 Å². The van der Waals surface area contributed by atoms with Gasteiger partial charge in [0, 0.05) is 24.1 Å². The van der Waals surface area contributed by atoms with Crippen LogP contribution in [0.5, 0.6) is 0 Å². The number of nitrogens with one attached hydrogen (secondary N) is 1. The molecular weight excluding hydrogens is 390 g/mol. The highest BCUT2D eigenvalue weighted by atomic mass is 32.1. The average Bonchev–Trinajstić information content (AvgIpc) is 3.28. The lowest BCUT2D eigenvalue weighted by molar-refractivity contribution is -0.136. The summed E-state index contributed by atoms with van der Waals surface area (Å²) in [7, 11) is 0. The zero-order chi connectivity index (χ0) is 20.1. The molecule has 1 saturated heterocycles. The summed E-state index contributed by atoms with van der Waals surface area (Å²) in [5.41, 5.74) is 2.42. The average molecular weight is 405 g/mol. The second kappa shape index (κ2) is 6.59. The number of amides is 3. The fourth-order valence-electron chi connectivity index (χ4n) is 3.81. The van der Waals surface area contributed by atoms with Crippen molar-refractivity contribution in [3.8, 4) is 0 Å². The van der Waals surface area contributed by atoms with Crippen molar-refractivity contribution in [2.75, 3.05) is 0 Å². The van der Waals surface area contributed by atoms with Gasteiger partial charge in [0.25, 0.3) is 5.91 Å². The van der Waals surface area contributed by atoms with Gasteiger partial charge in [0.15, 0.2) is 5.01 Å². The van der Waals surface area contributed by atoms with Gasteiger partial charge in [-0.2, -0.15) is 0 Å². The molecule has 7 nitrogen and oxygen atoms in total. The highest BCUT2D eigenvalue weighted by Crippen LogP contribution is 2.30. The first-order valence-corrected chi connectivity index (χ1v) is 10.0. The van der Waals surface area contributed by atoms with Crippen LogP contribution in [0.2, 0.25) is 0 Å². The maximum absolute atomic E-state index is 12.9. The third-order valence-electron chi connectivity index (χ3n) is 5.27. The number of benzene rings is 2. The number of thiazole rings is 1. The molecule has 2 aromatic carbocycles. The molecule has 29 heavy (non-hydrogen) atoms. The summed E-state index contributed by atoms with van der Waals surface area (Å²) in [6.07, 6.45) is 0.514. The van der Waals surface area contributed by atoms with Crippen LogP contribution in [0.15, 0.2) is 42.5 Å². The minimum absolute atomic E-state index is 0.194. The van der Waals surface area contributed by atoms with Gasteiger partial charge in [-0.15, -0.1) is 11.3 Å². The first-order valence-electron chi connectivity index (χ1n) is 9.19. The molecule has 8 heteroatoms. The fourth-order valence-corrected chi connectivity index (χ4v) is 4.74. The molecule has 144 valence electrons. The van der Waals surface area contributed by atoms with Crippen molar-refractivity contribution in [2.24, 2.45) is 0 Å². The summed E-state index contributed by atoms with van der Waals surface area (Å²) in [4.78, 5) is 55.1. The molecule has 1 atom stereocenters. The third kappa shape index (κ3) is 2.92. The van der Waals surface area contributed by atoms with E-state index in [0.29, 0.717) is 28.1 Å². The Hall–Kier alpha value is -3.39. The van der Waals surface area contributed by atoms with Crippen LogP contribution in [0.3, 0.4) is 0 Å². The van der Waals surface area contributed by atoms with Gasteiger partial charge < -0.3 is 4.90 Å². The van der Waals surface area contributed by atoms with Crippen LogP contribution in [-0.2, 0) is 16.1 Å². The van der Waals surface area contributed by atoms with E-state index in [1.54, 1.807) is 18.2 Å². The Kier molecular flexibility index (Phi) is 4.02.